The topological polar surface area (TPSA) is 120 Å². The third kappa shape index (κ3) is 4.39. The molecule has 168 valence electrons. The molecule has 1 amide bonds. The van der Waals surface area contributed by atoms with Crippen LogP contribution >= 0.6 is 11.9 Å². The van der Waals surface area contributed by atoms with E-state index in [1.165, 1.54) is 19.1 Å². The predicted molar refractivity (Wildman–Crippen MR) is 128 cm³/mol. The summed E-state index contributed by atoms with van der Waals surface area (Å²) in [6.45, 7) is 0. The number of aromatic amines is 1. The van der Waals surface area contributed by atoms with Crippen LogP contribution in [0.15, 0.2) is 36.5 Å². The minimum Gasteiger partial charge on any atom is -0.465 e. The van der Waals surface area contributed by atoms with Gasteiger partial charge in [-0.3, -0.25) is 4.79 Å². The summed E-state index contributed by atoms with van der Waals surface area (Å²) >= 11 is 1.46. The van der Waals surface area contributed by atoms with E-state index in [2.05, 4.69) is 26.1 Å². The molecule has 2 aliphatic rings. The summed E-state index contributed by atoms with van der Waals surface area (Å²) in [7, 11) is 1.35. The van der Waals surface area contributed by atoms with Crippen LogP contribution in [-0.4, -0.2) is 34.7 Å². The van der Waals surface area contributed by atoms with Crippen LogP contribution in [0.3, 0.4) is 0 Å². The van der Waals surface area contributed by atoms with Gasteiger partial charge in [0.25, 0.3) is 0 Å². The van der Waals surface area contributed by atoms with Crippen molar-refractivity contribution in [2.75, 3.05) is 22.9 Å². The molecule has 9 heteroatoms. The van der Waals surface area contributed by atoms with Gasteiger partial charge in [0.15, 0.2) is 0 Å². The summed E-state index contributed by atoms with van der Waals surface area (Å²) < 4.78 is 8.30. The Bertz CT molecular complexity index is 1290. The molecule has 0 bridgehead atoms. The smallest absolute Gasteiger partial charge is 0.338 e. The molecule has 3 aromatic rings. The Morgan fingerprint density at radius 1 is 1.27 bits per heavy atom. The Labute approximate surface area is 195 Å². The number of rotatable bonds is 8. The summed E-state index contributed by atoms with van der Waals surface area (Å²) in [6.07, 6.45) is 5.44. The predicted octanol–water partition coefficient (Wildman–Crippen LogP) is 4.73. The van der Waals surface area contributed by atoms with Gasteiger partial charge in [0.05, 0.1) is 24.2 Å². The molecule has 0 spiro atoms. The minimum atomic E-state index is -0.460. The number of nitriles is 1. The molecule has 0 saturated heterocycles. The van der Waals surface area contributed by atoms with Gasteiger partial charge >= 0.3 is 5.97 Å². The molecule has 1 aromatic carbocycles. The number of ether oxygens (including phenoxy) is 1. The van der Waals surface area contributed by atoms with Gasteiger partial charge in [-0.15, -0.1) is 0 Å². The molecular weight excluding hydrogens is 438 g/mol. The number of H-pyrrole nitrogens is 1. The molecule has 8 nitrogen and oxygen atoms in total. The summed E-state index contributed by atoms with van der Waals surface area (Å²) in [5.41, 5.74) is 3.01. The second-order valence-corrected chi connectivity index (χ2v) is 9.37. The Hall–Kier alpha value is -3.51. The number of nitrogens with zero attached hydrogens (tertiary/aromatic N) is 2. The number of anilines is 2. The van der Waals surface area contributed by atoms with Crippen molar-refractivity contribution in [1.29, 1.82) is 5.26 Å². The van der Waals surface area contributed by atoms with E-state index in [4.69, 9.17) is 4.74 Å². The number of carbonyl (C=O) groups is 2. The number of methoxy groups -OCH3 is 1. The van der Waals surface area contributed by atoms with Gasteiger partial charge in [0, 0.05) is 28.9 Å². The standard InChI is InChI=1S/C24H23N5O3S/c1-32-23(31)19-10-15(29-33-13-24(12-25)7-8-24)4-5-16(19)18-11-20(28-22(30)14-2-3-14)27-21-17(18)6-9-26-21/h4-6,9-11,14,29H,2-3,7-8,13H2,1H3,(H2,26,27,28,30). The Balaban J connectivity index is 1.48. The zero-order valence-corrected chi connectivity index (χ0v) is 18.9. The molecule has 2 fully saturated rings. The van der Waals surface area contributed by atoms with Crippen LogP contribution in [0, 0.1) is 22.7 Å². The van der Waals surface area contributed by atoms with Crippen molar-refractivity contribution in [3.8, 4) is 17.2 Å². The number of benzene rings is 1. The van der Waals surface area contributed by atoms with Gasteiger partial charge in [-0.2, -0.15) is 5.26 Å². The zero-order valence-electron chi connectivity index (χ0n) is 18.1. The molecule has 2 aromatic heterocycles. The van der Waals surface area contributed by atoms with E-state index in [1.807, 2.05) is 18.2 Å². The molecule has 2 saturated carbocycles. The van der Waals surface area contributed by atoms with Crippen LogP contribution < -0.4 is 10.0 Å². The maximum absolute atomic E-state index is 12.7. The van der Waals surface area contributed by atoms with E-state index in [9.17, 15) is 14.9 Å². The molecule has 0 unspecified atom stereocenters. The Morgan fingerprint density at radius 3 is 2.79 bits per heavy atom. The van der Waals surface area contributed by atoms with Crippen molar-refractivity contribution in [3.05, 3.63) is 42.1 Å². The lowest BCUT2D eigenvalue weighted by molar-refractivity contribution is -0.117. The Morgan fingerprint density at radius 2 is 2.09 bits per heavy atom. The van der Waals surface area contributed by atoms with Crippen LogP contribution in [0.4, 0.5) is 11.5 Å². The second-order valence-electron chi connectivity index (χ2n) is 8.59. The molecule has 5 rings (SSSR count). The van der Waals surface area contributed by atoms with E-state index >= 15 is 0 Å². The summed E-state index contributed by atoms with van der Waals surface area (Å²) in [4.78, 5) is 32.6. The van der Waals surface area contributed by atoms with Crippen LogP contribution in [0.1, 0.15) is 36.0 Å². The highest BCUT2D eigenvalue weighted by atomic mass is 32.2. The van der Waals surface area contributed by atoms with Crippen LogP contribution in [-0.2, 0) is 9.53 Å². The molecular formula is C24H23N5O3S. The van der Waals surface area contributed by atoms with Gasteiger partial charge in [-0.25, -0.2) is 9.78 Å². The molecule has 0 atom stereocenters. The fourth-order valence-corrected chi connectivity index (χ4v) is 4.71. The number of esters is 1. The largest absolute Gasteiger partial charge is 0.465 e. The lowest BCUT2D eigenvalue weighted by Gasteiger charge is -2.14. The first-order valence-electron chi connectivity index (χ1n) is 10.8. The number of carbonyl (C=O) groups excluding carboxylic acids is 2. The van der Waals surface area contributed by atoms with Crippen molar-refractivity contribution in [2.45, 2.75) is 25.7 Å². The van der Waals surface area contributed by atoms with Crippen molar-refractivity contribution in [2.24, 2.45) is 11.3 Å². The second kappa shape index (κ2) is 8.45. The van der Waals surface area contributed by atoms with E-state index < -0.39 is 5.97 Å². The number of amides is 1. The molecule has 2 heterocycles. The van der Waals surface area contributed by atoms with E-state index in [0.717, 1.165) is 42.3 Å². The van der Waals surface area contributed by atoms with Gasteiger partial charge in [-0.1, -0.05) is 18.0 Å². The average molecular weight is 462 g/mol. The fourth-order valence-electron chi connectivity index (χ4n) is 3.72. The summed E-state index contributed by atoms with van der Waals surface area (Å²) in [5.74, 6) is 0.695. The highest BCUT2D eigenvalue weighted by molar-refractivity contribution is 8.00. The number of hydrogen-bond donors (Lipinski definition) is 3. The number of aromatic nitrogens is 2. The minimum absolute atomic E-state index is 0.0325. The van der Waals surface area contributed by atoms with Crippen molar-refractivity contribution < 1.29 is 14.3 Å². The van der Waals surface area contributed by atoms with Gasteiger partial charge in [0.2, 0.25) is 5.91 Å². The lowest BCUT2D eigenvalue weighted by Crippen LogP contribution is -2.14. The molecule has 0 aliphatic heterocycles. The third-order valence-electron chi connectivity index (χ3n) is 6.07. The van der Waals surface area contributed by atoms with Crippen LogP contribution in [0.2, 0.25) is 0 Å². The number of fused-ring (bicyclic) bond motifs is 1. The highest BCUT2D eigenvalue weighted by Crippen LogP contribution is 2.47. The normalized spacial score (nSPS) is 16.1. The maximum Gasteiger partial charge on any atom is 0.338 e. The average Bonchev–Trinajstić information content (AvgIpc) is 3.76. The summed E-state index contributed by atoms with van der Waals surface area (Å²) in [6, 6.07) is 11.6. The highest BCUT2D eigenvalue weighted by Gasteiger charge is 2.43. The molecule has 0 radical (unpaired) electrons. The zero-order chi connectivity index (χ0) is 23.0. The molecule has 2 aliphatic carbocycles. The quantitative estimate of drug-likeness (QED) is 0.328. The molecule has 33 heavy (non-hydrogen) atoms. The number of pyridine rings is 1. The van der Waals surface area contributed by atoms with E-state index in [-0.39, 0.29) is 17.2 Å². The monoisotopic (exact) mass is 461 g/mol. The van der Waals surface area contributed by atoms with Gasteiger partial charge in [-0.05, 0) is 61.1 Å². The SMILES string of the molecule is COC(=O)c1cc(NSCC2(C#N)CC2)ccc1-c1cc(NC(=O)C2CC2)nc2[nH]ccc12. The number of hydrogen-bond acceptors (Lipinski definition) is 7. The first kappa shape index (κ1) is 21.3. The van der Waals surface area contributed by atoms with Gasteiger partial charge < -0.3 is 19.8 Å². The van der Waals surface area contributed by atoms with Crippen molar-refractivity contribution in [1.82, 2.24) is 9.97 Å². The van der Waals surface area contributed by atoms with Crippen molar-refractivity contribution in [3.63, 3.8) is 0 Å². The molecule has 3 N–H and O–H groups in total. The van der Waals surface area contributed by atoms with Crippen molar-refractivity contribution >= 4 is 46.4 Å². The first-order chi connectivity index (χ1) is 16.0. The lowest BCUT2D eigenvalue weighted by atomic mass is 9.97. The third-order valence-corrected chi connectivity index (χ3v) is 7.15. The number of nitrogens with one attached hydrogen (secondary N) is 3. The maximum atomic E-state index is 12.7. The van der Waals surface area contributed by atoms with Crippen LogP contribution in [0.5, 0.6) is 0 Å². The van der Waals surface area contributed by atoms with E-state index in [0.29, 0.717) is 28.3 Å². The van der Waals surface area contributed by atoms with E-state index in [1.54, 1.807) is 18.3 Å². The fraction of sp³-hybridized carbons (Fsp3) is 0.333. The summed E-state index contributed by atoms with van der Waals surface area (Å²) in [5, 5.41) is 13.0. The van der Waals surface area contributed by atoms with Crippen LogP contribution in [0.25, 0.3) is 22.2 Å². The van der Waals surface area contributed by atoms with Gasteiger partial charge in [0.1, 0.15) is 11.5 Å². The first-order valence-corrected chi connectivity index (χ1v) is 11.8. The Kier molecular flexibility index (Phi) is 5.46.